The van der Waals surface area contributed by atoms with E-state index in [9.17, 15) is 4.79 Å². The lowest BCUT2D eigenvalue weighted by Gasteiger charge is -1.98. The van der Waals surface area contributed by atoms with Gasteiger partial charge in [-0.15, -0.1) is 0 Å². The van der Waals surface area contributed by atoms with E-state index in [1.807, 2.05) is 18.2 Å². The van der Waals surface area contributed by atoms with Gasteiger partial charge in [-0.05, 0) is 24.3 Å². The van der Waals surface area contributed by atoms with E-state index in [0.717, 1.165) is 16.6 Å². The number of anilines is 1. The molecule has 90 valence electrons. The molecule has 0 saturated carbocycles. The van der Waals surface area contributed by atoms with Crippen LogP contribution in [0.15, 0.2) is 41.3 Å². The van der Waals surface area contributed by atoms with Gasteiger partial charge in [0.1, 0.15) is 5.82 Å². The second kappa shape index (κ2) is 3.73. The van der Waals surface area contributed by atoms with Gasteiger partial charge in [-0.2, -0.15) is 0 Å². The van der Waals surface area contributed by atoms with E-state index in [1.54, 1.807) is 25.4 Å². The topological polar surface area (TPSA) is 76.7 Å². The summed E-state index contributed by atoms with van der Waals surface area (Å²) in [5, 5.41) is 0. The van der Waals surface area contributed by atoms with Gasteiger partial charge in [0.2, 0.25) is 0 Å². The SMILES string of the molecule is Cn1ccc(-c2nc3ccc(N)cc3[nH]2)cc1=O. The number of hydrogen-bond donors (Lipinski definition) is 2. The van der Waals surface area contributed by atoms with Gasteiger partial charge in [0.05, 0.1) is 11.0 Å². The number of fused-ring (bicyclic) bond motifs is 1. The Bertz CT molecular complexity index is 785. The van der Waals surface area contributed by atoms with Gasteiger partial charge in [-0.3, -0.25) is 4.79 Å². The van der Waals surface area contributed by atoms with Crippen molar-refractivity contribution in [3.8, 4) is 11.4 Å². The Labute approximate surface area is 103 Å². The fraction of sp³-hybridized carbons (Fsp3) is 0.0769. The first-order chi connectivity index (χ1) is 8.63. The van der Waals surface area contributed by atoms with Gasteiger partial charge in [0.15, 0.2) is 0 Å². The van der Waals surface area contributed by atoms with Crippen molar-refractivity contribution in [1.82, 2.24) is 14.5 Å². The Morgan fingerprint density at radius 2 is 2.11 bits per heavy atom. The first-order valence-electron chi connectivity index (χ1n) is 5.56. The van der Waals surface area contributed by atoms with E-state index in [0.29, 0.717) is 11.5 Å². The Kier molecular flexibility index (Phi) is 2.19. The molecule has 0 aliphatic carbocycles. The van der Waals surface area contributed by atoms with E-state index in [1.165, 1.54) is 4.57 Å². The van der Waals surface area contributed by atoms with Crippen LogP contribution < -0.4 is 11.3 Å². The van der Waals surface area contributed by atoms with E-state index >= 15 is 0 Å². The number of H-pyrrole nitrogens is 1. The van der Waals surface area contributed by atoms with Crippen LogP contribution in [0.1, 0.15) is 0 Å². The van der Waals surface area contributed by atoms with Gasteiger partial charge in [-0.25, -0.2) is 4.98 Å². The molecule has 0 bridgehead atoms. The zero-order valence-corrected chi connectivity index (χ0v) is 9.84. The number of aromatic nitrogens is 3. The largest absolute Gasteiger partial charge is 0.399 e. The van der Waals surface area contributed by atoms with Crippen LogP contribution in [0.25, 0.3) is 22.4 Å². The van der Waals surface area contributed by atoms with Crippen LogP contribution in [-0.4, -0.2) is 14.5 Å². The van der Waals surface area contributed by atoms with E-state index in [-0.39, 0.29) is 5.56 Å². The molecular formula is C13H12N4O. The number of benzene rings is 1. The summed E-state index contributed by atoms with van der Waals surface area (Å²) >= 11 is 0. The number of hydrogen-bond acceptors (Lipinski definition) is 3. The molecule has 0 aliphatic heterocycles. The third-order valence-electron chi connectivity index (χ3n) is 2.88. The maximum Gasteiger partial charge on any atom is 0.250 e. The lowest BCUT2D eigenvalue weighted by atomic mass is 10.2. The minimum atomic E-state index is -0.0625. The van der Waals surface area contributed by atoms with Crippen molar-refractivity contribution < 1.29 is 0 Å². The van der Waals surface area contributed by atoms with Crippen LogP contribution in [0.5, 0.6) is 0 Å². The van der Waals surface area contributed by atoms with E-state index in [4.69, 9.17) is 5.73 Å². The van der Waals surface area contributed by atoms with Gasteiger partial charge >= 0.3 is 0 Å². The lowest BCUT2D eigenvalue weighted by molar-refractivity contribution is 0.860. The highest BCUT2D eigenvalue weighted by Crippen LogP contribution is 2.20. The zero-order valence-electron chi connectivity index (χ0n) is 9.84. The maximum atomic E-state index is 11.6. The summed E-state index contributed by atoms with van der Waals surface area (Å²) in [6.07, 6.45) is 1.72. The minimum Gasteiger partial charge on any atom is -0.399 e. The van der Waals surface area contributed by atoms with Crippen molar-refractivity contribution in [2.45, 2.75) is 0 Å². The highest BCUT2D eigenvalue weighted by molar-refractivity contribution is 5.82. The van der Waals surface area contributed by atoms with Crippen LogP contribution in [0.3, 0.4) is 0 Å². The lowest BCUT2D eigenvalue weighted by Crippen LogP contribution is -2.14. The minimum absolute atomic E-state index is 0.0625. The van der Waals surface area contributed by atoms with Crippen molar-refractivity contribution >= 4 is 16.7 Å². The number of nitrogen functional groups attached to an aromatic ring is 1. The first-order valence-corrected chi connectivity index (χ1v) is 5.56. The summed E-state index contributed by atoms with van der Waals surface area (Å²) in [4.78, 5) is 19.2. The summed E-state index contributed by atoms with van der Waals surface area (Å²) in [5.41, 5.74) is 8.81. The average molecular weight is 240 g/mol. The highest BCUT2D eigenvalue weighted by atomic mass is 16.1. The third-order valence-corrected chi connectivity index (χ3v) is 2.88. The van der Waals surface area contributed by atoms with Gasteiger partial charge in [-0.1, -0.05) is 0 Å². The summed E-state index contributed by atoms with van der Waals surface area (Å²) < 4.78 is 1.52. The number of aryl methyl sites for hydroxylation is 1. The zero-order chi connectivity index (χ0) is 12.7. The molecule has 0 spiro atoms. The first kappa shape index (κ1) is 10.6. The molecule has 3 N–H and O–H groups in total. The van der Waals surface area contributed by atoms with Crippen molar-refractivity contribution in [3.63, 3.8) is 0 Å². The number of nitrogens with two attached hydrogens (primary N) is 1. The average Bonchev–Trinajstić information content (AvgIpc) is 2.75. The molecule has 0 aliphatic rings. The maximum absolute atomic E-state index is 11.6. The summed E-state index contributed by atoms with van der Waals surface area (Å²) in [6.45, 7) is 0. The molecule has 0 amide bonds. The smallest absolute Gasteiger partial charge is 0.250 e. The summed E-state index contributed by atoms with van der Waals surface area (Å²) in [7, 11) is 1.71. The number of imidazole rings is 1. The monoisotopic (exact) mass is 240 g/mol. The molecular weight excluding hydrogens is 228 g/mol. The van der Waals surface area contributed by atoms with Crippen molar-refractivity contribution in [2.24, 2.45) is 7.05 Å². The van der Waals surface area contributed by atoms with E-state index in [2.05, 4.69) is 9.97 Å². The molecule has 3 rings (SSSR count). The van der Waals surface area contributed by atoms with Crippen LogP contribution in [0.2, 0.25) is 0 Å². The standard InChI is InChI=1S/C13H12N4O/c1-17-5-4-8(6-12(17)18)13-15-10-3-2-9(14)7-11(10)16-13/h2-7H,14H2,1H3,(H,15,16). The van der Waals surface area contributed by atoms with Crippen LogP contribution in [0.4, 0.5) is 5.69 Å². The molecule has 1 aromatic carbocycles. The fourth-order valence-corrected chi connectivity index (χ4v) is 1.86. The number of nitrogens with one attached hydrogen (secondary N) is 1. The fourth-order valence-electron chi connectivity index (χ4n) is 1.86. The van der Waals surface area contributed by atoms with Gasteiger partial charge < -0.3 is 15.3 Å². The number of aromatic amines is 1. The summed E-state index contributed by atoms with van der Waals surface area (Å²) in [5.74, 6) is 0.674. The Morgan fingerprint density at radius 3 is 2.89 bits per heavy atom. The number of pyridine rings is 1. The Morgan fingerprint density at radius 1 is 1.28 bits per heavy atom. The summed E-state index contributed by atoms with van der Waals surface area (Å²) in [6, 6.07) is 8.89. The van der Waals surface area contributed by atoms with Crippen molar-refractivity contribution in [2.75, 3.05) is 5.73 Å². The van der Waals surface area contributed by atoms with Gasteiger partial charge in [0.25, 0.3) is 5.56 Å². The van der Waals surface area contributed by atoms with Crippen LogP contribution in [0, 0.1) is 0 Å². The predicted molar refractivity (Wildman–Crippen MR) is 71.2 cm³/mol. The molecule has 2 heterocycles. The molecule has 2 aromatic heterocycles. The van der Waals surface area contributed by atoms with Crippen LogP contribution in [-0.2, 0) is 7.05 Å². The normalized spacial score (nSPS) is 10.9. The second-order valence-electron chi connectivity index (χ2n) is 4.23. The number of nitrogens with zero attached hydrogens (tertiary/aromatic N) is 2. The third kappa shape index (κ3) is 1.66. The Hall–Kier alpha value is -2.56. The molecule has 3 aromatic rings. The second-order valence-corrected chi connectivity index (χ2v) is 4.23. The molecule has 5 nitrogen and oxygen atoms in total. The molecule has 0 fully saturated rings. The molecule has 18 heavy (non-hydrogen) atoms. The molecule has 0 saturated heterocycles. The molecule has 0 atom stereocenters. The highest BCUT2D eigenvalue weighted by Gasteiger charge is 2.06. The van der Waals surface area contributed by atoms with Crippen LogP contribution >= 0.6 is 0 Å². The van der Waals surface area contributed by atoms with Crippen molar-refractivity contribution in [3.05, 3.63) is 46.9 Å². The van der Waals surface area contributed by atoms with E-state index < -0.39 is 0 Å². The Balaban J connectivity index is 2.19. The molecule has 0 unspecified atom stereocenters. The molecule has 5 heteroatoms. The van der Waals surface area contributed by atoms with Crippen molar-refractivity contribution in [1.29, 1.82) is 0 Å². The van der Waals surface area contributed by atoms with Gasteiger partial charge in [0, 0.05) is 30.6 Å². The number of rotatable bonds is 1. The predicted octanol–water partition coefficient (Wildman–Crippen LogP) is 1.51. The quantitative estimate of drug-likeness (QED) is 0.633. The molecule has 0 radical (unpaired) electrons.